The maximum atomic E-state index is 12.2. The van der Waals surface area contributed by atoms with E-state index < -0.39 is 5.97 Å². The van der Waals surface area contributed by atoms with Crippen LogP contribution in [0.25, 0.3) is 0 Å². The lowest BCUT2D eigenvalue weighted by Crippen LogP contribution is -2.10. The second-order valence-corrected chi connectivity index (χ2v) is 4.93. The van der Waals surface area contributed by atoms with Crippen molar-refractivity contribution in [2.75, 3.05) is 6.61 Å². The fraction of sp³-hybridized carbons (Fsp3) is 0.125. The van der Waals surface area contributed by atoms with Crippen LogP contribution in [0.3, 0.4) is 0 Å². The minimum Gasteiger partial charge on any atom is -0.490 e. The van der Waals surface area contributed by atoms with Crippen molar-refractivity contribution in [2.24, 2.45) is 0 Å². The molecular formula is C16H12BrNO3. The molecule has 0 amide bonds. The normalized spacial score (nSPS) is 9.76. The Balaban J connectivity index is 2.29. The summed E-state index contributed by atoms with van der Waals surface area (Å²) < 4.78 is 11.4. The van der Waals surface area contributed by atoms with Gasteiger partial charge >= 0.3 is 5.97 Å². The molecule has 0 aliphatic rings. The van der Waals surface area contributed by atoms with E-state index in [2.05, 4.69) is 15.9 Å². The first-order valence-electron chi connectivity index (χ1n) is 6.29. The first-order chi connectivity index (χ1) is 10.2. The van der Waals surface area contributed by atoms with Crippen molar-refractivity contribution in [3.63, 3.8) is 0 Å². The average molecular weight is 346 g/mol. The Labute approximate surface area is 131 Å². The zero-order valence-electron chi connectivity index (χ0n) is 11.3. The van der Waals surface area contributed by atoms with Gasteiger partial charge < -0.3 is 9.47 Å². The number of ether oxygens (including phenoxy) is 2. The molecule has 0 bridgehead atoms. The summed E-state index contributed by atoms with van der Waals surface area (Å²) in [6, 6.07) is 13.7. The number of rotatable bonds is 4. The van der Waals surface area contributed by atoms with Crippen LogP contribution in [0, 0.1) is 11.3 Å². The summed E-state index contributed by atoms with van der Waals surface area (Å²) in [4.78, 5) is 12.2. The van der Waals surface area contributed by atoms with E-state index in [1.54, 1.807) is 36.4 Å². The molecule has 0 saturated carbocycles. The van der Waals surface area contributed by atoms with E-state index in [9.17, 15) is 4.79 Å². The van der Waals surface area contributed by atoms with E-state index in [4.69, 9.17) is 14.7 Å². The molecule has 0 saturated heterocycles. The summed E-state index contributed by atoms with van der Waals surface area (Å²) in [5, 5.41) is 8.90. The maximum Gasteiger partial charge on any atom is 0.344 e. The van der Waals surface area contributed by atoms with Gasteiger partial charge in [-0.05, 0) is 47.1 Å². The van der Waals surface area contributed by atoms with E-state index in [1.165, 1.54) is 0 Å². The Kier molecular flexibility index (Phi) is 4.96. The molecule has 0 atom stereocenters. The van der Waals surface area contributed by atoms with Gasteiger partial charge in [-0.25, -0.2) is 4.79 Å². The molecule has 2 aromatic rings. The van der Waals surface area contributed by atoms with E-state index >= 15 is 0 Å². The molecule has 0 heterocycles. The maximum absolute atomic E-state index is 12.2. The van der Waals surface area contributed by atoms with Gasteiger partial charge in [0.15, 0.2) is 11.5 Å². The van der Waals surface area contributed by atoms with Gasteiger partial charge in [0.05, 0.1) is 23.8 Å². The first kappa shape index (κ1) is 15.1. The number of carbonyl (C=O) groups excluding carboxylic acids is 1. The van der Waals surface area contributed by atoms with Gasteiger partial charge in [-0.1, -0.05) is 12.1 Å². The molecular weight excluding hydrogens is 334 g/mol. The number of hydrogen-bond donors (Lipinski definition) is 0. The van der Waals surface area contributed by atoms with Crippen molar-refractivity contribution in [1.82, 2.24) is 0 Å². The predicted octanol–water partition coefficient (Wildman–Crippen LogP) is 3.94. The van der Waals surface area contributed by atoms with Crippen molar-refractivity contribution < 1.29 is 14.3 Å². The number of nitrogens with zero attached hydrogens (tertiary/aromatic N) is 1. The molecule has 4 nitrogen and oxygen atoms in total. The Morgan fingerprint density at radius 1 is 1.24 bits per heavy atom. The highest BCUT2D eigenvalue weighted by Crippen LogP contribution is 2.29. The number of carbonyl (C=O) groups is 1. The second-order valence-electron chi connectivity index (χ2n) is 4.08. The zero-order valence-corrected chi connectivity index (χ0v) is 12.9. The number of esters is 1. The van der Waals surface area contributed by atoms with E-state index in [-0.39, 0.29) is 5.75 Å². The molecule has 0 N–H and O–H groups in total. The minimum atomic E-state index is -0.492. The molecule has 5 heteroatoms. The number of hydrogen-bond acceptors (Lipinski definition) is 4. The SMILES string of the molecule is CCOc1cc(C#N)ccc1OC(=O)c1ccccc1Br. The van der Waals surface area contributed by atoms with Crippen LogP contribution in [0.2, 0.25) is 0 Å². The van der Waals surface area contributed by atoms with E-state index in [1.807, 2.05) is 19.1 Å². The zero-order chi connectivity index (χ0) is 15.2. The lowest BCUT2D eigenvalue weighted by molar-refractivity contribution is 0.0727. The smallest absolute Gasteiger partial charge is 0.344 e. The van der Waals surface area contributed by atoms with Crippen LogP contribution in [-0.4, -0.2) is 12.6 Å². The van der Waals surface area contributed by atoms with Crippen molar-refractivity contribution >= 4 is 21.9 Å². The van der Waals surface area contributed by atoms with Gasteiger partial charge in [-0.3, -0.25) is 0 Å². The highest BCUT2D eigenvalue weighted by atomic mass is 79.9. The molecule has 0 unspecified atom stereocenters. The molecule has 0 fully saturated rings. The van der Waals surface area contributed by atoms with Crippen LogP contribution in [0.15, 0.2) is 46.9 Å². The number of benzene rings is 2. The van der Waals surface area contributed by atoms with Gasteiger partial charge in [-0.15, -0.1) is 0 Å². The second kappa shape index (κ2) is 6.91. The van der Waals surface area contributed by atoms with E-state index in [0.717, 1.165) is 0 Å². The molecule has 106 valence electrons. The summed E-state index contributed by atoms with van der Waals surface area (Å²) in [6.07, 6.45) is 0. The van der Waals surface area contributed by atoms with Gasteiger partial charge in [0.2, 0.25) is 0 Å². The Bertz CT molecular complexity index is 707. The molecule has 0 spiro atoms. The number of nitriles is 1. The Hall–Kier alpha value is -2.32. The standard InChI is InChI=1S/C16H12BrNO3/c1-2-20-15-9-11(10-18)7-8-14(15)21-16(19)12-5-3-4-6-13(12)17/h3-9H,2H2,1H3. The van der Waals surface area contributed by atoms with Crippen molar-refractivity contribution in [2.45, 2.75) is 6.92 Å². The topological polar surface area (TPSA) is 59.3 Å². The lowest BCUT2D eigenvalue weighted by Gasteiger charge is -2.11. The highest BCUT2D eigenvalue weighted by molar-refractivity contribution is 9.10. The Morgan fingerprint density at radius 2 is 2.00 bits per heavy atom. The lowest BCUT2D eigenvalue weighted by atomic mass is 10.2. The van der Waals surface area contributed by atoms with Gasteiger partial charge in [0.1, 0.15) is 0 Å². The summed E-state index contributed by atoms with van der Waals surface area (Å²) in [7, 11) is 0. The number of halogens is 1. The molecule has 21 heavy (non-hydrogen) atoms. The Morgan fingerprint density at radius 3 is 2.67 bits per heavy atom. The van der Waals surface area contributed by atoms with Crippen LogP contribution in [-0.2, 0) is 0 Å². The summed E-state index contributed by atoms with van der Waals surface area (Å²) >= 11 is 3.31. The van der Waals surface area contributed by atoms with E-state index in [0.29, 0.717) is 28.0 Å². The monoisotopic (exact) mass is 345 g/mol. The third-order valence-electron chi connectivity index (χ3n) is 2.67. The average Bonchev–Trinajstić information content (AvgIpc) is 2.49. The van der Waals surface area contributed by atoms with Crippen molar-refractivity contribution in [3.05, 3.63) is 58.1 Å². The van der Waals surface area contributed by atoms with Gasteiger partial charge in [0, 0.05) is 10.5 Å². The largest absolute Gasteiger partial charge is 0.490 e. The molecule has 0 aliphatic carbocycles. The fourth-order valence-electron chi connectivity index (χ4n) is 1.71. The van der Waals surface area contributed by atoms with Crippen LogP contribution in [0.4, 0.5) is 0 Å². The first-order valence-corrected chi connectivity index (χ1v) is 7.08. The molecule has 0 aliphatic heterocycles. The molecule has 2 rings (SSSR count). The van der Waals surface area contributed by atoms with Crippen molar-refractivity contribution in [1.29, 1.82) is 5.26 Å². The third-order valence-corrected chi connectivity index (χ3v) is 3.36. The predicted molar refractivity (Wildman–Crippen MR) is 81.4 cm³/mol. The van der Waals surface area contributed by atoms with Crippen LogP contribution in [0.5, 0.6) is 11.5 Å². The quantitative estimate of drug-likeness (QED) is 0.622. The van der Waals surface area contributed by atoms with Crippen molar-refractivity contribution in [3.8, 4) is 17.6 Å². The van der Waals surface area contributed by atoms with Gasteiger partial charge in [-0.2, -0.15) is 5.26 Å². The summed E-state index contributed by atoms with van der Waals surface area (Å²) in [5.41, 5.74) is 0.864. The summed E-state index contributed by atoms with van der Waals surface area (Å²) in [5.74, 6) is 0.168. The molecule has 0 aromatic heterocycles. The molecule has 0 radical (unpaired) electrons. The highest BCUT2D eigenvalue weighted by Gasteiger charge is 2.15. The van der Waals surface area contributed by atoms with Crippen LogP contribution < -0.4 is 9.47 Å². The minimum absolute atomic E-state index is 0.289. The summed E-state index contributed by atoms with van der Waals surface area (Å²) in [6.45, 7) is 2.23. The van der Waals surface area contributed by atoms with Crippen LogP contribution >= 0.6 is 15.9 Å². The molecule has 2 aromatic carbocycles. The van der Waals surface area contributed by atoms with Crippen LogP contribution in [0.1, 0.15) is 22.8 Å². The third kappa shape index (κ3) is 3.61. The fourth-order valence-corrected chi connectivity index (χ4v) is 2.16. The van der Waals surface area contributed by atoms with Gasteiger partial charge in [0.25, 0.3) is 0 Å².